The average Bonchev–Trinajstić information content (AvgIpc) is 2.82. The van der Waals surface area contributed by atoms with Gasteiger partial charge in [0.2, 0.25) is 0 Å². The molecule has 114 valence electrons. The van der Waals surface area contributed by atoms with Gasteiger partial charge in [0.25, 0.3) is 0 Å². The van der Waals surface area contributed by atoms with Gasteiger partial charge in [-0.2, -0.15) is 0 Å². The normalized spacial score (nSPS) is 11.3. The van der Waals surface area contributed by atoms with Gasteiger partial charge >= 0.3 is 0 Å². The number of nitrogens with zero attached hydrogens (tertiary/aromatic N) is 2. The number of aryl methyl sites for hydroxylation is 1. The predicted octanol–water partition coefficient (Wildman–Crippen LogP) is 4.56. The summed E-state index contributed by atoms with van der Waals surface area (Å²) in [4.78, 5) is 19.2. The standard InChI is InChI=1S/C16H28N2OS/c1-6-9-14-15(11-19)20-16(17-14)18(10-12(4)5)13(7-2)8-3/h11-13H,6-10H2,1-5H3. The zero-order chi connectivity index (χ0) is 15.1. The molecule has 0 saturated heterocycles. The van der Waals surface area contributed by atoms with Crippen LogP contribution in [0.25, 0.3) is 0 Å². The highest BCUT2D eigenvalue weighted by molar-refractivity contribution is 7.17. The van der Waals surface area contributed by atoms with E-state index in [1.165, 1.54) is 0 Å². The Balaban J connectivity index is 3.09. The molecule has 0 N–H and O–H groups in total. The highest BCUT2D eigenvalue weighted by Crippen LogP contribution is 2.29. The molecule has 0 bridgehead atoms. The summed E-state index contributed by atoms with van der Waals surface area (Å²) in [6.45, 7) is 12.0. The van der Waals surface area contributed by atoms with Crippen molar-refractivity contribution < 1.29 is 4.79 Å². The molecule has 0 saturated carbocycles. The van der Waals surface area contributed by atoms with Gasteiger partial charge in [-0.3, -0.25) is 4.79 Å². The molecule has 1 heterocycles. The van der Waals surface area contributed by atoms with Gasteiger partial charge in [0.15, 0.2) is 11.4 Å². The van der Waals surface area contributed by atoms with Gasteiger partial charge in [0.05, 0.1) is 10.6 Å². The molecule has 3 nitrogen and oxygen atoms in total. The van der Waals surface area contributed by atoms with Gasteiger partial charge in [-0.15, -0.1) is 0 Å². The Kier molecular flexibility index (Phi) is 7.20. The number of carbonyl (C=O) groups is 1. The van der Waals surface area contributed by atoms with E-state index in [1.807, 2.05) is 0 Å². The van der Waals surface area contributed by atoms with Crippen LogP contribution in [0.2, 0.25) is 0 Å². The van der Waals surface area contributed by atoms with E-state index in [0.29, 0.717) is 12.0 Å². The van der Waals surface area contributed by atoms with E-state index in [1.54, 1.807) is 11.3 Å². The monoisotopic (exact) mass is 296 g/mol. The number of carbonyl (C=O) groups excluding carboxylic acids is 1. The lowest BCUT2D eigenvalue weighted by molar-refractivity contribution is 0.112. The maximum atomic E-state index is 11.2. The molecular weight excluding hydrogens is 268 g/mol. The molecule has 1 aromatic rings. The number of hydrogen-bond donors (Lipinski definition) is 0. The Morgan fingerprint density at radius 1 is 1.25 bits per heavy atom. The Hall–Kier alpha value is -0.900. The van der Waals surface area contributed by atoms with E-state index in [-0.39, 0.29) is 0 Å². The molecule has 0 atom stereocenters. The van der Waals surface area contributed by atoms with E-state index < -0.39 is 0 Å². The summed E-state index contributed by atoms with van der Waals surface area (Å²) in [5.41, 5.74) is 0.974. The van der Waals surface area contributed by atoms with Crippen LogP contribution in [0.5, 0.6) is 0 Å². The summed E-state index contributed by atoms with van der Waals surface area (Å²) < 4.78 is 0. The van der Waals surface area contributed by atoms with Crippen molar-refractivity contribution in [3.63, 3.8) is 0 Å². The van der Waals surface area contributed by atoms with E-state index in [2.05, 4.69) is 39.5 Å². The lowest BCUT2D eigenvalue weighted by Gasteiger charge is -2.31. The fraction of sp³-hybridized carbons (Fsp3) is 0.750. The highest BCUT2D eigenvalue weighted by atomic mass is 32.1. The first-order valence-electron chi connectivity index (χ1n) is 7.78. The molecule has 0 spiro atoms. The van der Waals surface area contributed by atoms with Crippen LogP contribution in [0.4, 0.5) is 5.13 Å². The summed E-state index contributed by atoms with van der Waals surface area (Å²) in [7, 11) is 0. The van der Waals surface area contributed by atoms with Crippen molar-refractivity contribution in [3.8, 4) is 0 Å². The summed E-state index contributed by atoms with van der Waals surface area (Å²) in [6, 6.07) is 0.512. The zero-order valence-electron chi connectivity index (χ0n) is 13.5. The number of thiazole rings is 1. The second kappa shape index (κ2) is 8.40. The summed E-state index contributed by atoms with van der Waals surface area (Å²) in [5.74, 6) is 0.591. The molecule has 1 aromatic heterocycles. The van der Waals surface area contributed by atoms with Crippen LogP contribution in [-0.4, -0.2) is 23.9 Å². The van der Waals surface area contributed by atoms with Crippen molar-refractivity contribution in [2.75, 3.05) is 11.4 Å². The molecule has 0 aromatic carbocycles. The number of aldehydes is 1. The van der Waals surface area contributed by atoms with Gasteiger partial charge in [0, 0.05) is 12.6 Å². The first-order valence-corrected chi connectivity index (χ1v) is 8.60. The molecule has 0 fully saturated rings. The maximum Gasteiger partial charge on any atom is 0.186 e. The van der Waals surface area contributed by atoms with Crippen LogP contribution in [0.1, 0.15) is 69.2 Å². The van der Waals surface area contributed by atoms with Crippen molar-refractivity contribution in [2.24, 2.45) is 5.92 Å². The van der Waals surface area contributed by atoms with Crippen molar-refractivity contribution in [1.82, 2.24) is 4.98 Å². The Bertz CT molecular complexity index is 411. The largest absolute Gasteiger partial charge is 0.345 e. The third-order valence-electron chi connectivity index (χ3n) is 3.50. The minimum atomic E-state index is 0.512. The van der Waals surface area contributed by atoms with Crippen molar-refractivity contribution in [2.45, 2.75) is 66.3 Å². The van der Waals surface area contributed by atoms with Gasteiger partial charge < -0.3 is 4.90 Å². The lowest BCUT2D eigenvalue weighted by atomic mass is 10.1. The minimum Gasteiger partial charge on any atom is -0.345 e. The van der Waals surface area contributed by atoms with Gasteiger partial charge in [-0.25, -0.2) is 4.98 Å². The maximum absolute atomic E-state index is 11.2. The number of hydrogen-bond acceptors (Lipinski definition) is 4. The molecule has 0 aliphatic rings. The second-order valence-electron chi connectivity index (χ2n) is 5.69. The van der Waals surface area contributed by atoms with Gasteiger partial charge in [0.1, 0.15) is 0 Å². The van der Waals surface area contributed by atoms with Crippen LogP contribution in [0.3, 0.4) is 0 Å². The number of rotatable bonds is 9. The Morgan fingerprint density at radius 3 is 2.35 bits per heavy atom. The fourth-order valence-electron chi connectivity index (χ4n) is 2.49. The summed E-state index contributed by atoms with van der Waals surface area (Å²) in [5, 5.41) is 1.03. The third-order valence-corrected chi connectivity index (χ3v) is 4.56. The molecular formula is C16H28N2OS. The van der Waals surface area contributed by atoms with Crippen LogP contribution < -0.4 is 4.90 Å². The Labute approximate surface area is 127 Å². The molecule has 0 radical (unpaired) electrons. The van der Waals surface area contributed by atoms with Crippen LogP contribution >= 0.6 is 11.3 Å². The molecule has 4 heteroatoms. The minimum absolute atomic E-state index is 0.512. The lowest BCUT2D eigenvalue weighted by Crippen LogP contribution is -2.37. The smallest absolute Gasteiger partial charge is 0.186 e. The van der Waals surface area contributed by atoms with Crippen molar-refractivity contribution >= 4 is 22.8 Å². The zero-order valence-corrected chi connectivity index (χ0v) is 14.3. The van der Waals surface area contributed by atoms with Crippen molar-refractivity contribution in [3.05, 3.63) is 10.6 Å². The van der Waals surface area contributed by atoms with E-state index in [9.17, 15) is 4.79 Å². The molecule has 0 unspecified atom stereocenters. The summed E-state index contributed by atoms with van der Waals surface area (Å²) >= 11 is 1.56. The van der Waals surface area contributed by atoms with E-state index >= 15 is 0 Å². The number of aromatic nitrogens is 1. The predicted molar refractivity (Wildman–Crippen MR) is 88.1 cm³/mol. The third kappa shape index (κ3) is 4.30. The average molecular weight is 296 g/mol. The molecule has 0 aliphatic heterocycles. The van der Waals surface area contributed by atoms with E-state index in [4.69, 9.17) is 4.98 Å². The van der Waals surface area contributed by atoms with Crippen LogP contribution in [0, 0.1) is 5.92 Å². The SMILES string of the molecule is CCCc1nc(N(CC(C)C)C(CC)CC)sc1C=O. The first-order chi connectivity index (χ1) is 9.57. The molecule has 0 aliphatic carbocycles. The highest BCUT2D eigenvalue weighted by Gasteiger charge is 2.21. The van der Waals surface area contributed by atoms with Gasteiger partial charge in [-0.1, -0.05) is 52.4 Å². The fourth-order valence-corrected chi connectivity index (χ4v) is 3.49. The van der Waals surface area contributed by atoms with Crippen LogP contribution in [-0.2, 0) is 6.42 Å². The first kappa shape index (κ1) is 17.2. The number of anilines is 1. The quantitative estimate of drug-likeness (QED) is 0.626. The topological polar surface area (TPSA) is 33.2 Å². The van der Waals surface area contributed by atoms with Gasteiger partial charge in [-0.05, 0) is 25.2 Å². The second-order valence-corrected chi connectivity index (χ2v) is 6.70. The van der Waals surface area contributed by atoms with Crippen LogP contribution in [0.15, 0.2) is 0 Å². The Morgan fingerprint density at radius 2 is 1.90 bits per heavy atom. The molecule has 20 heavy (non-hydrogen) atoms. The molecule has 1 rings (SSSR count). The molecule has 0 amide bonds. The van der Waals surface area contributed by atoms with Crippen molar-refractivity contribution in [1.29, 1.82) is 0 Å². The van der Waals surface area contributed by atoms with E-state index in [0.717, 1.165) is 54.2 Å². The summed E-state index contributed by atoms with van der Waals surface area (Å²) in [6.07, 6.45) is 5.11.